The number of carboxylic acid groups (broad SMARTS) is 1. The fraction of sp³-hybridized carbons (Fsp3) is 0.273. The molecule has 0 fully saturated rings. The van der Waals surface area contributed by atoms with Crippen LogP contribution in [0, 0.1) is 0 Å². The van der Waals surface area contributed by atoms with E-state index in [1.54, 1.807) is 11.8 Å². The molecule has 0 saturated heterocycles. The van der Waals surface area contributed by atoms with Crippen LogP contribution in [0.5, 0.6) is 0 Å². The summed E-state index contributed by atoms with van der Waals surface area (Å²) < 4.78 is 32.9. The fourth-order valence-corrected chi connectivity index (χ4v) is 3.68. The van der Waals surface area contributed by atoms with Crippen molar-refractivity contribution in [1.29, 1.82) is 0 Å². The van der Waals surface area contributed by atoms with E-state index in [0.29, 0.717) is 18.8 Å². The van der Waals surface area contributed by atoms with Crippen molar-refractivity contribution in [1.82, 2.24) is 9.78 Å². The van der Waals surface area contributed by atoms with Gasteiger partial charge in [0, 0.05) is 18.7 Å². The zero-order chi connectivity index (χ0) is 15.5. The molecule has 2 aromatic heterocycles. The molecule has 0 aromatic carbocycles. The molecule has 0 aliphatic carbocycles. The maximum Gasteiger partial charge on any atom is 0.336 e. The zero-order valence-corrected chi connectivity index (χ0v) is 12.6. The van der Waals surface area contributed by atoms with E-state index in [1.165, 1.54) is 17.8 Å². The van der Waals surface area contributed by atoms with Gasteiger partial charge in [-0.2, -0.15) is 5.10 Å². The molecule has 114 valence electrons. The minimum Gasteiger partial charge on any atom is -0.478 e. The molecular weight excluding hydrogens is 318 g/mol. The number of anilines is 1. The highest BCUT2D eigenvalue weighted by Crippen LogP contribution is 2.22. The Balaban J connectivity index is 2.13. The second-order valence-corrected chi connectivity index (χ2v) is 6.87. The number of ether oxygens (including phenoxy) is 1. The molecule has 2 aromatic rings. The summed E-state index contributed by atoms with van der Waals surface area (Å²) >= 11 is 0.846. The molecule has 0 spiro atoms. The Hall–Kier alpha value is -1.91. The molecule has 0 unspecified atom stereocenters. The lowest BCUT2D eigenvalue weighted by Gasteiger charge is -2.02. The normalized spacial score (nSPS) is 11.5. The number of hydrogen-bond donors (Lipinski definition) is 2. The summed E-state index contributed by atoms with van der Waals surface area (Å²) in [6.45, 7) is 0.959. The summed E-state index contributed by atoms with van der Waals surface area (Å²) in [5.74, 6) is -1.17. The smallest absolute Gasteiger partial charge is 0.336 e. The highest BCUT2D eigenvalue weighted by atomic mass is 32.2. The summed E-state index contributed by atoms with van der Waals surface area (Å²) in [7, 11) is -2.25. The average molecular weight is 331 g/mol. The Kier molecular flexibility index (Phi) is 4.60. The monoisotopic (exact) mass is 331 g/mol. The molecule has 0 aliphatic heterocycles. The number of nitrogens with zero attached hydrogens (tertiary/aromatic N) is 2. The maximum absolute atomic E-state index is 12.1. The molecule has 8 nitrogen and oxygen atoms in total. The Morgan fingerprint density at radius 1 is 1.57 bits per heavy atom. The summed E-state index contributed by atoms with van der Waals surface area (Å²) in [5, 5.41) is 14.1. The van der Waals surface area contributed by atoms with Crippen molar-refractivity contribution < 1.29 is 23.1 Å². The number of aromatic carboxylic acids is 1. The van der Waals surface area contributed by atoms with E-state index in [2.05, 4.69) is 9.82 Å². The standard InChI is InChI=1S/C11H13N3O5S2/c1-19-3-2-14-6-9(5-12-14)13-21(17,18)10-4-8(7-20-10)11(15)16/h4-7,13H,2-3H2,1H3,(H,15,16). The third kappa shape index (κ3) is 3.80. The molecule has 2 heterocycles. The predicted molar refractivity (Wildman–Crippen MR) is 76.2 cm³/mol. The lowest BCUT2D eigenvalue weighted by Crippen LogP contribution is -2.11. The van der Waals surface area contributed by atoms with Crippen molar-refractivity contribution >= 4 is 33.0 Å². The third-order valence-corrected chi connectivity index (χ3v) is 5.32. The molecule has 21 heavy (non-hydrogen) atoms. The summed E-state index contributed by atoms with van der Waals surface area (Å²) in [6, 6.07) is 1.12. The van der Waals surface area contributed by atoms with Crippen LogP contribution in [0.25, 0.3) is 0 Å². The van der Waals surface area contributed by atoms with Crippen molar-refractivity contribution in [3.63, 3.8) is 0 Å². The molecule has 10 heteroatoms. The van der Waals surface area contributed by atoms with E-state index in [1.807, 2.05) is 0 Å². The van der Waals surface area contributed by atoms with Crippen molar-refractivity contribution in [3.05, 3.63) is 29.4 Å². The first-order valence-electron chi connectivity index (χ1n) is 5.78. The van der Waals surface area contributed by atoms with Gasteiger partial charge in [-0.25, -0.2) is 13.2 Å². The van der Waals surface area contributed by atoms with Crippen LogP contribution < -0.4 is 4.72 Å². The Morgan fingerprint density at radius 3 is 2.95 bits per heavy atom. The quantitative estimate of drug-likeness (QED) is 0.786. The number of methoxy groups -OCH3 is 1. The van der Waals surface area contributed by atoms with E-state index in [4.69, 9.17) is 9.84 Å². The number of carbonyl (C=O) groups is 1. The van der Waals surface area contributed by atoms with Crippen LogP contribution in [0.4, 0.5) is 5.69 Å². The molecule has 0 radical (unpaired) electrons. The van der Waals surface area contributed by atoms with Gasteiger partial charge in [0.2, 0.25) is 0 Å². The first-order valence-corrected chi connectivity index (χ1v) is 8.14. The highest BCUT2D eigenvalue weighted by Gasteiger charge is 2.19. The molecule has 2 N–H and O–H groups in total. The average Bonchev–Trinajstić information content (AvgIpc) is 3.04. The van der Waals surface area contributed by atoms with Gasteiger partial charge in [-0.05, 0) is 6.07 Å². The SMILES string of the molecule is COCCn1cc(NS(=O)(=O)c2cc(C(=O)O)cs2)cn1. The fourth-order valence-electron chi connectivity index (χ4n) is 1.50. The van der Waals surface area contributed by atoms with Gasteiger partial charge in [-0.1, -0.05) is 0 Å². The second kappa shape index (κ2) is 6.24. The van der Waals surface area contributed by atoms with Crippen LogP contribution in [0.3, 0.4) is 0 Å². The maximum atomic E-state index is 12.1. The van der Waals surface area contributed by atoms with Gasteiger partial charge in [0.1, 0.15) is 4.21 Å². The van der Waals surface area contributed by atoms with Gasteiger partial charge in [0.25, 0.3) is 10.0 Å². The number of carboxylic acids is 1. The van der Waals surface area contributed by atoms with Crippen molar-refractivity contribution in [2.45, 2.75) is 10.8 Å². The second-order valence-electron chi connectivity index (χ2n) is 4.05. The lowest BCUT2D eigenvalue weighted by atomic mass is 10.4. The Labute approximate surface area is 125 Å². The molecule has 0 aliphatic rings. The Morgan fingerprint density at radius 2 is 2.33 bits per heavy atom. The largest absolute Gasteiger partial charge is 0.478 e. The lowest BCUT2D eigenvalue weighted by molar-refractivity contribution is 0.0697. The van der Waals surface area contributed by atoms with Crippen LogP contribution in [-0.4, -0.2) is 43.0 Å². The molecule has 0 atom stereocenters. The van der Waals surface area contributed by atoms with Gasteiger partial charge in [-0.3, -0.25) is 9.40 Å². The number of thiophene rings is 1. The zero-order valence-electron chi connectivity index (χ0n) is 11.0. The van der Waals surface area contributed by atoms with Crippen LogP contribution >= 0.6 is 11.3 Å². The van der Waals surface area contributed by atoms with Gasteiger partial charge < -0.3 is 9.84 Å². The predicted octanol–water partition coefficient (Wildman–Crippen LogP) is 1.09. The van der Waals surface area contributed by atoms with Crippen molar-refractivity contribution in [2.24, 2.45) is 0 Å². The number of rotatable bonds is 7. The van der Waals surface area contributed by atoms with Crippen molar-refractivity contribution in [2.75, 3.05) is 18.4 Å². The van der Waals surface area contributed by atoms with E-state index in [-0.39, 0.29) is 9.77 Å². The molecule has 0 amide bonds. The first-order chi connectivity index (χ1) is 9.92. The van der Waals surface area contributed by atoms with Crippen LogP contribution in [0.15, 0.2) is 28.0 Å². The van der Waals surface area contributed by atoms with Crippen LogP contribution in [0.1, 0.15) is 10.4 Å². The van der Waals surface area contributed by atoms with Crippen molar-refractivity contribution in [3.8, 4) is 0 Å². The Bertz CT molecular complexity index is 735. The number of aromatic nitrogens is 2. The number of sulfonamides is 1. The minimum absolute atomic E-state index is 0.0591. The van der Waals surface area contributed by atoms with Gasteiger partial charge in [0.15, 0.2) is 0 Å². The topological polar surface area (TPSA) is 111 Å². The number of nitrogens with one attached hydrogen (secondary N) is 1. The minimum atomic E-state index is -3.81. The molecule has 0 saturated carbocycles. The van der Waals surface area contributed by atoms with Gasteiger partial charge >= 0.3 is 5.97 Å². The molecule has 2 rings (SSSR count). The van der Waals surface area contributed by atoms with E-state index in [0.717, 1.165) is 17.4 Å². The van der Waals surface area contributed by atoms with Crippen LogP contribution in [-0.2, 0) is 21.3 Å². The summed E-state index contributed by atoms with van der Waals surface area (Å²) in [5.41, 5.74) is 0.243. The first kappa shape index (κ1) is 15.5. The highest BCUT2D eigenvalue weighted by molar-refractivity contribution is 7.94. The summed E-state index contributed by atoms with van der Waals surface area (Å²) in [4.78, 5) is 10.8. The van der Waals surface area contributed by atoms with Crippen LogP contribution in [0.2, 0.25) is 0 Å². The number of hydrogen-bond acceptors (Lipinski definition) is 6. The third-order valence-electron chi connectivity index (χ3n) is 2.50. The molecule has 0 bridgehead atoms. The van der Waals surface area contributed by atoms with E-state index >= 15 is 0 Å². The van der Waals surface area contributed by atoms with Gasteiger partial charge in [0.05, 0.1) is 30.6 Å². The summed E-state index contributed by atoms with van der Waals surface area (Å²) in [6.07, 6.45) is 2.90. The molecular formula is C11H13N3O5S2. The van der Waals surface area contributed by atoms with Gasteiger partial charge in [-0.15, -0.1) is 11.3 Å². The van der Waals surface area contributed by atoms with E-state index in [9.17, 15) is 13.2 Å². The van der Waals surface area contributed by atoms with E-state index < -0.39 is 16.0 Å².